The molecule has 120 valence electrons. The van der Waals surface area contributed by atoms with Gasteiger partial charge in [-0.15, -0.1) is 11.3 Å². The van der Waals surface area contributed by atoms with E-state index in [-0.39, 0.29) is 24.3 Å². The van der Waals surface area contributed by atoms with Crippen LogP contribution in [0.5, 0.6) is 0 Å². The molecule has 3 aromatic rings. The third kappa shape index (κ3) is 3.13. The minimum absolute atomic E-state index is 0.00616. The smallest absolute Gasteiger partial charge is 0.287 e. The number of halogens is 1. The normalized spacial score (nSPS) is 12.5. The van der Waals surface area contributed by atoms with Gasteiger partial charge in [-0.1, -0.05) is 29.8 Å². The standard InChI is InChI=1S/C17H16ClNO3S/c1-10-11-4-2-5-12(18)16(11)22-15(10)17(21)19-13(7-8-20)14-6-3-9-23-14/h2-6,9,13,20H,7-8H2,1H3,(H,19,21)/t13-/m1/s1. The van der Waals surface area contributed by atoms with Crippen LogP contribution in [0.1, 0.15) is 33.5 Å². The number of rotatable bonds is 5. The van der Waals surface area contributed by atoms with E-state index in [9.17, 15) is 9.90 Å². The van der Waals surface area contributed by atoms with Crippen molar-refractivity contribution in [1.29, 1.82) is 0 Å². The van der Waals surface area contributed by atoms with Gasteiger partial charge in [0.2, 0.25) is 0 Å². The van der Waals surface area contributed by atoms with Crippen molar-refractivity contribution in [2.45, 2.75) is 19.4 Å². The first-order chi connectivity index (χ1) is 11.1. The topological polar surface area (TPSA) is 62.5 Å². The predicted octanol–water partition coefficient (Wildman–Crippen LogP) is 4.31. The number of nitrogens with one attached hydrogen (secondary N) is 1. The second kappa shape index (κ2) is 6.74. The number of amides is 1. The van der Waals surface area contributed by atoms with Crippen LogP contribution in [0.15, 0.2) is 40.1 Å². The summed E-state index contributed by atoms with van der Waals surface area (Å²) in [5, 5.41) is 15.4. The summed E-state index contributed by atoms with van der Waals surface area (Å²) in [7, 11) is 0. The van der Waals surface area contributed by atoms with Gasteiger partial charge >= 0.3 is 0 Å². The first kappa shape index (κ1) is 16.1. The highest BCUT2D eigenvalue weighted by atomic mass is 35.5. The lowest BCUT2D eigenvalue weighted by atomic mass is 10.1. The second-order valence-electron chi connectivity index (χ2n) is 5.23. The molecule has 0 aliphatic carbocycles. The van der Waals surface area contributed by atoms with Gasteiger partial charge in [0.05, 0.1) is 11.1 Å². The van der Waals surface area contributed by atoms with Crippen LogP contribution < -0.4 is 5.32 Å². The van der Waals surface area contributed by atoms with E-state index in [4.69, 9.17) is 16.0 Å². The fraction of sp³-hybridized carbons (Fsp3) is 0.235. The lowest BCUT2D eigenvalue weighted by molar-refractivity contribution is 0.0904. The molecular weight excluding hydrogens is 334 g/mol. The maximum atomic E-state index is 12.6. The van der Waals surface area contributed by atoms with Crippen LogP contribution in [0, 0.1) is 6.92 Å². The summed E-state index contributed by atoms with van der Waals surface area (Å²) >= 11 is 7.67. The zero-order valence-electron chi connectivity index (χ0n) is 12.5. The number of carbonyl (C=O) groups is 1. The summed E-state index contributed by atoms with van der Waals surface area (Å²) in [6.45, 7) is 1.83. The number of fused-ring (bicyclic) bond motifs is 1. The minimum Gasteiger partial charge on any atom is -0.449 e. The first-order valence-corrected chi connectivity index (χ1v) is 8.50. The van der Waals surface area contributed by atoms with Gasteiger partial charge in [0.25, 0.3) is 5.91 Å². The molecule has 2 N–H and O–H groups in total. The Balaban J connectivity index is 1.91. The molecule has 0 saturated heterocycles. The molecule has 3 rings (SSSR count). The monoisotopic (exact) mass is 349 g/mol. The molecule has 1 amide bonds. The molecule has 0 fully saturated rings. The number of hydrogen-bond acceptors (Lipinski definition) is 4. The van der Waals surface area contributed by atoms with Gasteiger partial charge in [0.15, 0.2) is 11.3 Å². The average Bonchev–Trinajstić information content (AvgIpc) is 3.16. The molecule has 0 spiro atoms. The Labute approximate surface area is 142 Å². The Kier molecular flexibility index (Phi) is 4.71. The summed E-state index contributed by atoms with van der Waals surface area (Å²) in [5.74, 6) is -0.0470. The van der Waals surface area contributed by atoms with Crippen molar-refractivity contribution in [3.8, 4) is 0 Å². The van der Waals surface area contributed by atoms with Gasteiger partial charge < -0.3 is 14.8 Å². The Bertz CT molecular complexity index is 826. The van der Waals surface area contributed by atoms with Gasteiger partial charge in [-0.25, -0.2) is 0 Å². The molecule has 0 bridgehead atoms. The molecule has 0 radical (unpaired) electrons. The number of hydrogen-bond donors (Lipinski definition) is 2. The number of carbonyl (C=O) groups excluding carboxylic acids is 1. The maximum Gasteiger partial charge on any atom is 0.287 e. The highest BCUT2D eigenvalue weighted by Crippen LogP contribution is 2.31. The summed E-state index contributed by atoms with van der Waals surface area (Å²) in [6, 6.07) is 9.05. The highest BCUT2D eigenvalue weighted by molar-refractivity contribution is 7.10. The number of aliphatic hydroxyl groups is 1. The molecule has 1 aromatic carbocycles. The Morgan fingerprint density at radius 1 is 1.39 bits per heavy atom. The zero-order chi connectivity index (χ0) is 16.4. The predicted molar refractivity (Wildman–Crippen MR) is 92.2 cm³/mol. The molecule has 0 unspecified atom stereocenters. The summed E-state index contributed by atoms with van der Waals surface area (Å²) < 4.78 is 5.68. The molecule has 0 aliphatic rings. The van der Waals surface area contributed by atoms with E-state index in [0.29, 0.717) is 17.0 Å². The molecule has 2 aromatic heterocycles. The van der Waals surface area contributed by atoms with Crippen LogP contribution in [0.3, 0.4) is 0 Å². The number of aryl methyl sites for hydroxylation is 1. The molecular formula is C17H16ClNO3S. The van der Waals surface area contributed by atoms with Crippen LogP contribution in [0.4, 0.5) is 0 Å². The molecule has 1 atom stereocenters. The Hall–Kier alpha value is -1.82. The molecule has 0 aliphatic heterocycles. The molecule has 2 heterocycles. The summed E-state index contributed by atoms with van der Waals surface area (Å²) in [6.07, 6.45) is 0.451. The largest absolute Gasteiger partial charge is 0.449 e. The third-order valence-corrected chi connectivity index (χ3v) is 5.02. The third-order valence-electron chi connectivity index (χ3n) is 3.73. The maximum absolute atomic E-state index is 12.6. The quantitative estimate of drug-likeness (QED) is 0.721. The van der Waals surface area contributed by atoms with Crippen molar-refractivity contribution in [1.82, 2.24) is 5.32 Å². The van der Waals surface area contributed by atoms with Crippen LogP contribution in [0.25, 0.3) is 11.0 Å². The van der Waals surface area contributed by atoms with Crippen LogP contribution >= 0.6 is 22.9 Å². The SMILES string of the molecule is Cc1c(C(=O)N[C@H](CCO)c2cccs2)oc2c(Cl)cccc12. The molecule has 4 nitrogen and oxygen atoms in total. The average molecular weight is 350 g/mol. The van der Waals surface area contributed by atoms with Crippen LogP contribution in [-0.4, -0.2) is 17.6 Å². The Morgan fingerprint density at radius 2 is 2.22 bits per heavy atom. The van der Waals surface area contributed by atoms with Gasteiger partial charge in [0.1, 0.15) is 0 Å². The van der Waals surface area contributed by atoms with E-state index in [1.165, 1.54) is 0 Å². The van der Waals surface area contributed by atoms with E-state index < -0.39 is 0 Å². The lowest BCUT2D eigenvalue weighted by Crippen LogP contribution is -2.28. The number of aliphatic hydroxyl groups excluding tert-OH is 1. The van der Waals surface area contributed by atoms with Crippen molar-refractivity contribution in [3.63, 3.8) is 0 Å². The van der Waals surface area contributed by atoms with Crippen molar-refractivity contribution in [2.24, 2.45) is 0 Å². The fourth-order valence-corrected chi connectivity index (χ4v) is 3.58. The fourth-order valence-electron chi connectivity index (χ4n) is 2.55. The van der Waals surface area contributed by atoms with E-state index in [1.54, 1.807) is 17.4 Å². The lowest BCUT2D eigenvalue weighted by Gasteiger charge is -2.15. The van der Waals surface area contributed by atoms with E-state index >= 15 is 0 Å². The first-order valence-electron chi connectivity index (χ1n) is 7.24. The Morgan fingerprint density at radius 3 is 2.87 bits per heavy atom. The molecule has 6 heteroatoms. The van der Waals surface area contributed by atoms with Gasteiger partial charge in [0, 0.05) is 22.4 Å². The van der Waals surface area contributed by atoms with Crippen molar-refractivity contribution in [3.05, 3.63) is 56.9 Å². The van der Waals surface area contributed by atoms with Gasteiger partial charge in [-0.2, -0.15) is 0 Å². The highest BCUT2D eigenvalue weighted by Gasteiger charge is 2.22. The van der Waals surface area contributed by atoms with Crippen molar-refractivity contribution < 1.29 is 14.3 Å². The molecule has 0 saturated carbocycles. The van der Waals surface area contributed by atoms with Gasteiger partial charge in [-0.05, 0) is 30.9 Å². The zero-order valence-corrected chi connectivity index (χ0v) is 14.1. The number of benzene rings is 1. The molecule has 23 heavy (non-hydrogen) atoms. The van der Waals surface area contributed by atoms with Crippen LogP contribution in [0.2, 0.25) is 5.02 Å². The summed E-state index contributed by atoms with van der Waals surface area (Å²) in [4.78, 5) is 13.6. The number of furan rings is 1. The van der Waals surface area contributed by atoms with E-state index in [1.807, 2.05) is 36.6 Å². The number of thiophene rings is 1. The van der Waals surface area contributed by atoms with Crippen LogP contribution in [-0.2, 0) is 0 Å². The van der Waals surface area contributed by atoms with Gasteiger partial charge in [-0.3, -0.25) is 4.79 Å². The van der Waals surface area contributed by atoms with E-state index in [2.05, 4.69) is 5.32 Å². The second-order valence-corrected chi connectivity index (χ2v) is 6.61. The number of para-hydroxylation sites is 1. The summed E-state index contributed by atoms with van der Waals surface area (Å²) in [5.41, 5.74) is 1.28. The van der Waals surface area contributed by atoms with E-state index in [0.717, 1.165) is 15.8 Å². The minimum atomic E-state index is -0.304. The van der Waals surface area contributed by atoms with Crippen molar-refractivity contribution in [2.75, 3.05) is 6.61 Å². The van der Waals surface area contributed by atoms with Crippen molar-refractivity contribution >= 4 is 39.8 Å².